The van der Waals surface area contributed by atoms with Gasteiger partial charge in [0.15, 0.2) is 0 Å². The van der Waals surface area contributed by atoms with Crippen LogP contribution in [-0.4, -0.2) is 74.0 Å². The van der Waals surface area contributed by atoms with E-state index in [4.69, 9.17) is 0 Å². The van der Waals surface area contributed by atoms with Crippen LogP contribution >= 0.6 is 24.8 Å². The molecule has 6 nitrogen and oxygen atoms in total. The lowest BCUT2D eigenvalue weighted by molar-refractivity contribution is -0.133. The summed E-state index contributed by atoms with van der Waals surface area (Å²) in [5.41, 5.74) is 0. The van der Waals surface area contributed by atoms with E-state index in [1.54, 1.807) is 0 Å². The van der Waals surface area contributed by atoms with Gasteiger partial charge in [0.25, 0.3) is 0 Å². The van der Waals surface area contributed by atoms with Gasteiger partial charge in [0, 0.05) is 45.2 Å². The minimum Gasteiger partial charge on any atom is -0.352 e. The average Bonchev–Trinajstić information content (AvgIpc) is 3.20. The lowest BCUT2D eigenvalue weighted by Crippen LogP contribution is -2.51. The molecule has 21 heavy (non-hydrogen) atoms. The van der Waals surface area contributed by atoms with Gasteiger partial charge in [0.1, 0.15) is 0 Å². The van der Waals surface area contributed by atoms with E-state index in [1.165, 1.54) is 0 Å². The second kappa shape index (κ2) is 10.2. The highest BCUT2D eigenvalue weighted by Crippen LogP contribution is 2.18. The van der Waals surface area contributed by atoms with Crippen LogP contribution in [0.2, 0.25) is 0 Å². The number of amides is 2. The summed E-state index contributed by atoms with van der Waals surface area (Å²) in [4.78, 5) is 27.5. The molecule has 0 spiro atoms. The summed E-state index contributed by atoms with van der Waals surface area (Å²) >= 11 is 0. The molecule has 1 saturated carbocycles. The van der Waals surface area contributed by atoms with Crippen LogP contribution in [0.15, 0.2) is 0 Å². The molecule has 2 aliphatic rings. The Morgan fingerprint density at radius 3 is 2.24 bits per heavy atom. The van der Waals surface area contributed by atoms with Crippen molar-refractivity contribution in [3.63, 3.8) is 0 Å². The molecule has 1 heterocycles. The van der Waals surface area contributed by atoms with Crippen molar-refractivity contribution < 1.29 is 9.59 Å². The van der Waals surface area contributed by atoms with Crippen molar-refractivity contribution in [2.24, 2.45) is 0 Å². The largest absolute Gasteiger partial charge is 0.352 e. The van der Waals surface area contributed by atoms with E-state index in [0.29, 0.717) is 19.0 Å². The Labute approximate surface area is 138 Å². The van der Waals surface area contributed by atoms with Gasteiger partial charge in [-0.25, -0.2) is 0 Å². The van der Waals surface area contributed by atoms with Gasteiger partial charge >= 0.3 is 0 Å². The monoisotopic (exact) mass is 340 g/mol. The highest BCUT2D eigenvalue weighted by Gasteiger charge is 2.26. The molecule has 0 radical (unpaired) electrons. The maximum absolute atomic E-state index is 11.8. The van der Waals surface area contributed by atoms with Gasteiger partial charge in [0.05, 0.1) is 6.54 Å². The Hall–Kier alpha value is -0.560. The molecule has 2 N–H and O–H groups in total. The molecular weight excluding hydrogens is 315 g/mol. The smallest absolute Gasteiger partial charge is 0.234 e. The molecule has 2 fully saturated rings. The molecule has 1 aliphatic carbocycles. The molecule has 1 aliphatic heterocycles. The first-order valence-electron chi connectivity index (χ1n) is 7.13. The van der Waals surface area contributed by atoms with Gasteiger partial charge in [-0.2, -0.15) is 0 Å². The van der Waals surface area contributed by atoms with Gasteiger partial charge in [-0.15, -0.1) is 24.8 Å². The summed E-state index contributed by atoms with van der Waals surface area (Å²) in [6.07, 6.45) is 2.80. The van der Waals surface area contributed by atoms with Crippen molar-refractivity contribution >= 4 is 36.6 Å². The van der Waals surface area contributed by atoms with Crippen LogP contribution in [0.4, 0.5) is 0 Å². The number of carbonyl (C=O) groups is 2. The molecule has 2 amide bonds. The van der Waals surface area contributed by atoms with Crippen LogP contribution < -0.4 is 10.6 Å². The number of nitrogens with one attached hydrogen (secondary N) is 2. The van der Waals surface area contributed by atoms with Crippen LogP contribution in [0.1, 0.15) is 19.3 Å². The minimum atomic E-state index is 0. The Kier molecular flexibility index (Phi) is 9.94. The second-order valence-electron chi connectivity index (χ2n) is 5.35. The molecule has 8 heteroatoms. The van der Waals surface area contributed by atoms with Crippen molar-refractivity contribution in [2.45, 2.75) is 25.3 Å². The fourth-order valence-corrected chi connectivity index (χ4v) is 2.25. The fourth-order valence-electron chi connectivity index (χ4n) is 2.25. The predicted octanol–water partition coefficient (Wildman–Crippen LogP) is -0.138. The second-order valence-corrected chi connectivity index (χ2v) is 5.35. The standard InChI is InChI=1S/C13H24N4O2.2ClH/c1-14-5-4-13(19)17-8-6-16(7-9-17)10-12(18)15-11-2-3-11;;/h11,14H,2-10H2,1H3,(H,15,18);2*1H. The first-order chi connectivity index (χ1) is 9.19. The molecular formula is C13H26Cl2N4O2. The number of hydrogen-bond donors (Lipinski definition) is 2. The van der Waals surface area contributed by atoms with Crippen molar-refractivity contribution in [2.75, 3.05) is 46.3 Å². The zero-order valence-electron chi connectivity index (χ0n) is 12.5. The summed E-state index contributed by atoms with van der Waals surface area (Å²) < 4.78 is 0. The molecule has 1 saturated heterocycles. The van der Waals surface area contributed by atoms with Crippen molar-refractivity contribution in [1.29, 1.82) is 0 Å². The van der Waals surface area contributed by atoms with E-state index in [-0.39, 0.29) is 36.6 Å². The topological polar surface area (TPSA) is 64.7 Å². The van der Waals surface area contributed by atoms with E-state index in [1.807, 2.05) is 11.9 Å². The van der Waals surface area contributed by atoms with Crippen molar-refractivity contribution in [1.82, 2.24) is 20.4 Å². The number of piperazine rings is 1. The zero-order chi connectivity index (χ0) is 13.7. The molecule has 2 rings (SSSR count). The van der Waals surface area contributed by atoms with Gasteiger partial charge < -0.3 is 15.5 Å². The van der Waals surface area contributed by atoms with Crippen LogP contribution in [0, 0.1) is 0 Å². The summed E-state index contributed by atoms with van der Waals surface area (Å²) in [7, 11) is 1.85. The van der Waals surface area contributed by atoms with Gasteiger partial charge in [-0.3, -0.25) is 14.5 Å². The van der Waals surface area contributed by atoms with E-state index < -0.39 is 0 Å². The lowest BCUT2D eigenvalue weighted by atomic mass is 10.2. The highest BCUT2D eigenvalue weighted by molar-refractivity contribution is 5.85. The van der Waals surface area contributed by atoms with Crippen LogP contribution in [-0.2, 0) is 9.59 Å². The molecule has 0 aromatic rings. The van der Waals surface area contributed by atoms with Gasteiger partial charge in [-0.05, 0) is 19.9 Å². The lowest BCUT2D eigenvalue weighted by Gasteiger charge is -2.34. The molecule has 124 valence electrons. The fraction of sp³-hybridized carbons (Fsp3) is 0.846. The zero-order valence-corrected chi connectivity index (χ0v) is 14.1. The summed E-state index contributed by atoms with van der Waals surface area (Å²) in [5.74, 6) is 0.328. The van der Waals surface area contributed by atoms with Crippen molar-refractivity contribution in [3.8, 4) is 0 Å². The number of halogens is 2. The van der Waals surface area contributed by atoms with Crippen LogP contribution in [0.3, 0.4) is 0 Å². The van der Waals surface area contributed by atoms with E-state index in [9.17, 15) is 9.59 Å². The Morgan fingerprint density at radius 2 is 1.71 bits per heavy atom. The maximum Gasteiger partial charge on any atom is 0.234 e. The van der Waals surface area contributed by atoms with Crippen molar-refractivity contribution in [3.05, 3.63) is 0 Å². The first kappa shape index (κ1) is 20.4. The number of hydrogen-bond acceptors (Lipinski definition) is 4. The molecule has 0 atom stereocenters. The maximum atomic E-state index is 11.8. The summed E-state index contributed by atoms with van der Waals surface area (Å²) in [6, 6.07) is 0.428. The molecule has 0 aromatic carbocycles. The van der Waals surface area contributed by atoms with E-state index in [0.717, 1.165) is 45.6 Å². The number of nitrogens with zero attached hydrogens (tertiary/aromatic N) is 2. The number of rotatable bonds is 6. The van der Waals surface area contributed by atoms with E-state index in [2.05, 4.69) is 15.5 Å². The summed E-state index contributed by atoms with van der Waals surface area (Å²) in [6.45, 7) is 4.25. The predicted molar refractivity (Wildman–Crippen MR) is 87.2 cm³/mol. The third-order valence-corrected chi connectivity index (χ3v) is 3.62. The highest BCUT2D eigenvalue weighted by atomic mass is 35.5. The first-order valence-corrected chi connectivity index (χ1v) is 7.13. The van der Waals surface area contributed by atoms with Crippen LogP contribution in [0.25, 0.3) is 0 Å². The average molecular weight is 341 g/mol. The minimum absolute atomic E-state index is 0. The summed E-state index contributed by atoms with van der Waals surface area (Å²) in [5, 5.41) is 5.98. The van der Waals surface area contributed by atoms with Gasteiger partial charge in [0.2, 0.25) is 11.8 Å². The molecule has 0 bridgehead atoms. The molecule has 0 unspecified atom stereocenters. The Bertz CT molecular complexity index is 332. The quantitative estimate of drug-likeness (QED) is 0.706. The van der Waals surface area contributed by atoms with Crippen LogP contribution in [0.5, 0.6) is 0 Å². The Morgan fingerprint density at radius 1 is 1.10 bits per heavy atom. The normalized spacial score (nSPS) is 18.4. The van der Waals surface area contributed by atoms with Gasteiger partial charge in [-0.1, -0.05) is 0 Å². The van der Waals surface area contributed by atoms with E-state index >= 15 is 0 Å². The third kappa shape index (κ3) is 7.31. The molecule has 0 aromatic heterocycles. The third-order valence-electron chi connectivity index (χ3n) is 3.62. The Balaban J connectivity index is 0.00000200. The number of carbonyl (C=O) groups excluding carboxylic acids is 2. The SMILES string of the molecule is CNCCC(=O)N1CCN(CC(=O)NC2CC2)CC1.Cl.Cl.